The van der Waals surface area contributed by atoms with E-state index in [2.05, 4.69) is 83.0 Å². The van der Waals surface area contributed by atoms with Crippen LogP contribution in [-0.2, 0) is 11.3 Å². The van der Waals surface area contributed by atoms with Crippen molar-refractivity contribution in [3.63, 3.8) is 0 Å². The number of aryl methyl sites for hydroxylation is 1. The molecule has 2 N–H and O–H groups in total. The largest absolute Gasteiger partial charge is 0.493 e. The van der Waals surface area contributed by atoms with Crippen LogP contribution in [0.25, 0.3) is 0 Å². The molecule has 1 aliphatic heterocycles. The minimum absolute atomic E-state index is 0. The molecule has 7 heteroatoms. The fourth-order valence-electron chi connectivity index (χ4n) is 3.76. The molecule has 1 fully saturated rings. The van der Waals surface area contributed by atoms with Gasteiger partial charge in [-0.1, -0.05) is 30.3 Å². The lowest BCUT2D eigenvalue weighted by atomic mass is 10.1. The normalized spacial score (nSPS) is 15.6. The Kier molecular flexibility index (Phi) is 12.4. The Bertz CT molecular complexity index is 841. The number of halogens is 1. The summed E-state index contributed by atoms with van der Waals surface area (Å²) in [7, 11) is 3.95. The van der Waals surface area contributed by atoms with Gasteiger partial charge in [-0.2, -0.15) is 0 Å². The molecule has 1 heterocycles. The van der Waals surface area contributed by atoms with Crippen molar-refractivity contribution in [3.8, 4) is 5.75 Å². The number of nitrogens with one attached hydrogen (secondary N) is 2. The minimum atomic E-state index is 0. The Balaban J connectivity index is 0.00000385. The standard InChI is InChI=1S/C26H38N4O2.HI/c1-21-11-12-23(25(17-21)32-20-22-13-16-31-19-22)18-29-26(27-2)28-14-7-8-15-30(3)24-9-5-4-6-10-24;/h4-6,9-12,17,22H,7-8,13-16,18-20H2,1-3H3,(H2,27,28,29);1H. The molecule has 33 heavy (non-hydrogen) atoms. The van der Waals surface area contributed by atoms with Crippen LogP contribution < -0.4 is 20.3 Å². The van der Waals surface area contributed by atoms with Crippen LogP contribution in [0.3, 0.4) is 0 Å². The number of guanidine groups is 1. The first-order valence-corrected chi connectivity index (χ1v) is 11.7. The van der Waals surface area contributed by atoms with Gasteiger partial charge in [-0.05, 0) is 49.9 Å². The number of hydrogen-bond acceptors (Lipinski definition) is 4. The van der Waals surface area contributed by atoms with Crippen LogP contribution in [0, 0.1) is 12.8 Å². The van der Waals surface area contributed by atoms with Crippen LogP contribution in [0.2, 0.25) is 0 Å². The van der Waals surface area contributed by atoms with Gasteiger partial charge in [0.2, 0.25) is 0 Å². The van der Waals surface area contributed by atoms with Gasteiger partial charge >= 0.3 is 0 Å². The van der Waals surface area contributed by atoms with Gasteiger partial charge in [-0.3, -0.25) is 4.99 Å². The highest BCUT2D eigenvalue weighted by atomic mass is 127. The average Bonchev–Trinajstić information content (AvgIpc) is 3.34. The summed E-state index contributed by atoms with van der Waals surface area (Å²) in [6.45, 7) is 7.06. The van der Waals surface area contributed by atoms with Crippen molar-refractivity contribution in [2.75, 3.05) is 51.9 Å². The highest BCUT2D eigenvalue weighted by Crippen LogP contribution is 2.22. The van der Waals surface area contributed by atoms with Gasteiger partial charge in [-0.25, -0.2) is 0 Å². The summed E-state index contributed by atoms with van der Waals surface area (Å²) < 4.78 is 11.6. The Labute approximate surface area is 216 Å². The predicted octanol–water partition coefficient (Wildman–Crippen LogP) is 4.61. The topological polar surface area (TPSA) is 58.1 Å². The van der Waals surface area contributed by atoms with Gasteiger partial charge in [-0.15, -0.1) is 24.0 Å². The summed E-state index contributed by atoms with van der Waals surface area (Å²) in [6.07, 6.45) is 3.29. The molecule has 2 aromatic rings. The van der Waals surface area contributed by atoms with Crippen molar-refractivity contribution < 1.29 is 9.47 Å². The average molecular weight is 567 g/mol. The molecule has 1 aliphatic rings. The number of benzene rings is 2. The van der Waals surface area contributed by atoms with Gasteiger partial charge in [0.05, 0.1) is 13.2 Å². The molecule has 0 bridgehead atoms. The predicted molar refractivity (Wildman–Crippen MR) is 148 cm³/mol. The first kappa shape index (κ1) is 27.2. The minimum Gasteiger partial charge on any atom is -0.493 e. The Morgan fingerprint density at radius 2 is 1.97 bits per heavy atom. The van der Waals surface area contributed by atoms with Gasteiger partial charge in [0.25, 0.3) is 0 Å². The van der Waals surface area contributed by atoms with Crippen LogP contribution in [0.15, 0.2) is 53.5 Å². The number of ether oxygens (including phenoxy) is 2. The number of para-hydroxylation sites is 1. The van der Waals surface area contributed by atoms with Crippen molar-refractivity contribution in [1.29, 1.82) is 0 Å². The molecule has 0 spiro atoms. The second-order valence-electron chi connectivity index (χ2n) is 8.47. The third kappa shape index (κ3) is 9.41. The lowest BCUT2D eigenvalue weighted by Crippen LogP contribution is -2.37. The first-order chi connectivity index (χ1) is 15.7. The molecule has 0 radical (unpaired) electrons. The van der Waals surface area contributed by atoms with E-state index in [-0.39, 0.29) is 24.0 Å². The lowest BCUT2D eigenvalue weighted by molar-refractivity contribution is 0.166. The molecule has 2 aromatic carbocycles. The Hall–Kier alpha value is -2.00. The van der Waals surface area contributed by atoms with Crippen molar-refractivity contribution >= 4 is 35.6 Å². The summed E-state index contributed by atoms with van der Waals surface area (Å²) in [5, 5.41) is 6.85. The number of unbranched alkanes of at least 4 members (excludes halogenated alkanes) is 1. The Morgan fingerprint density at radius 3 is 2.70 bits per heavy atom. The van der Waals surface area contributed by atoms with Crippen LogP contribution in [0.1, 0.15) is 30.4 Å². The fourth-order valence-corrected chi connectivity index (χ4v) is 3.76. The smallest absolute Gasteiger partial charge is 0.191 e. The number of nitrogens with zero attached hydrogens (tertiary/aromatic N) is 2. The van der Waals surface area contributed by atoms with Crippen molar-refractivity contribution in [3.05, 3.63) is 59.7 Å². The van der Waals surface area contributed by atoms with Gasteiger partial charge in [0, 0.05) is 57.5 Å². The van der Waals surface area contributed by atoms with E-state index in [1.807, 2.05) is 7.05 Å². The monoisotopic (exact) mass is 566 g/mol. The van der Waals surface area contributed by atoms with Crippen LogP contribution in [-0.4, -0.2) is 53.0 Å². The number of hydrogen-bond donors (Lipinski definition) is 2. The van der Waals surface area contributed by atoms with E-state index in [0.717, 1.165) is 62.8 Å². The highest BCUT2D eigenvalue weighted by molar-refractivity contribution is 14.0. The quantitative estimate of drug-likeness (QED) is 0.180. The SMILES string of the molecule is CN=C(NCCCCN(C)c1ccccc1)NCc1ccc(C)cc1OCC1CCOC1.I. The maximum Gasteiger partial charge on any atom is 0.191 e. The molecule has 0 amide bonds. The summed E-state index contributed by atoms with van der Waals surface area (Å²) in [5.41, 5.74) is 3.60. The molecule has 182 valence electrons. The number of rotatable bonds is 11. The molecule has 1 atom stereocenters. The van der Waals surface area contributed by atoms with Crippen molar-refractivity contribution in [2.24, 2.45) is 10.9 Å². The molecule has 1 unspecified atom stereocenters. The summed E-state index contributed by atoms with van der Waals surface area (Å²) in [5.74, 6) is 2.26. The molecule has 3 rings (SSSR count). The molecular weight excluding hydrogens is 527 g/mol. The third-order valence-electron chi connectivity index (χ3n) is 5.80. The fraction of sp³-hybridized carbons (Fsp3) is 0.500. The van der Waals surface area contributed by atoms with E-state index in [1.165, 1.54) is 11.3 Å². The van der Waals surface area contributed by atoms with E-state index in [0.29, 0.717) is 19.1 Å². The molecular formula is C26H39IN4O2. The van der Waals surface area contributed by atoms with Crippen molar-refractivity contribution in [1.82, 2.24) is 10.6 Å². The zero-order valence-electron chi connectivity index (χ0n) is 20.2. The summed E-state index contributed by atoms with van der Waals surface area (Å²) in [4.78, 5) is 6.66. The molecule has 0 aliphatic carbocycles. The van der Waals surface area contributed by atoms with Crippen molar-refractivity contribution in [2.45, 2.75) is 32.7 Å². The van der Waals surface area contributed by atoms with Crippen LogP contribution in [0.4, 0.5) is 5.69 Å². The third-order valence-corrected chi connectivity index (χ3v) is 5.80. The second kappa shape index (κ2) is 15.0. The lowest BCUT2D eigenvalue weighted by Gasteiger charge is -2.19. The second-order valence-corrected chi connectivity index (χ2v) is 8.47. The highest BCUT2D eigenvalue weighted by Gasteiger charge is 2.17. The summed E-state index contributed by atoms with van der Waals surface area (Å²) in [6, 6.07) is 16.9. The van der Waals surface area contributed by atoms with E-state index in [4.69, 9.17) is 9.47 Å². The van der Waals surface area contributed by atoms with Gasteiger partial charge in [0.1, 0.15) is 5.75 Å². The molecule has 0 aromatic heterocycles. The van der Waals surface area contributed by atoms with E-state index in [1.54, 1.807) is 0 Å². The maximum absolute atomic E-state index is 6.15. The van der Waals surface area contributed by atoms with E-state index >= 15 is 0 Å². The first-order valence-electron chi connectivity index (χ1n) is 11.7. The zero-order chi connectivity index (χ0) is 22.6. The van der Waals surface area contributed by atoms with E-state index < -0.39 is 0 Å². The number of anilines is 1. The maximum atomic E-state index is 6.15. The van der Waals surface area contributed by atoms with Gasteiger partial charge in [0.15, 0.2) is 5.96 Å². The van der Waals surface area contributed by atoms with Gasteiger partial charge < -0.3 is 25.0 Å². The van der Waals surface area contributed by atoms with Crippen LogP contribution >= 0.6 is 24.0 Å². The molecule has 1 saturated heterocycles. The zero-order valence-corrected chi connectivity index (χ0v) is 22.5. The molecule has 0 saturated carbocycles. The Morgan fingerprint density at radius 1 is 1.15 bits per heavy atom. The van der Waals surface area contributed by atoms with Crippen LogP contribution in [0.5, 0.6) is 5.75 Å². The van der Waals surface area contributed by atoms with E-state index in [9.17, 15) is 0 Å². The number of aliphatic imine (C=N–C) groups is 1. The summed E-state index contributed by atoms with van der Waals surface area (Å²) >= 11 is 0. The molecule has 6 nitrogen and oxygen atoms in total.